The summed E-state index contributed by atoms with van der Waals surface area (Å²) in [6, 6.07) is 17.4. The Labute approximate surface area is 188 Å². The molecule has 1 saturated carbocycles. The molecule has 0 unspecified atom stereocenters. The van der Waals surface area contributed by atoms with E-state index in [1.54, 1.807) is 6.07 Å². The van der Waals surface area contributed by atoms with Crippen molar-refractivity contribution in [1.29, 1.82) is 5.26 Å². The fraction of sp³-hybridized carbons (Fsp3) is 0.440. The third-order valence-corrected chi connectivity index (χ3v) is 7.56. The molecule has 2 aromatic rings. The zero-order valence-electron chi connectivity index (χ0n) is 17.8. The lowest BCUT2D eigenvalue weighted by molar-refractivity contribution is -0.0361. The number of nitrogens with one attached hydrogen (secondary N) is 1. The molecule has 6 heteroatoms. The lowest BCUT2D eigenvalue weighted by Gasteiger charge is -2.48. The SMILES string of the molecule is N#Cc1ccccc1Sc1ccccc1C(=O)NCC1(N2CCOCC2)CCCCC1. The summed E-state index contributed by atoms with van der Waals surface area (Å²) < 4.78 is 5.57. The first-order valence-corrected chi connectivity index (χ1v) is 11.9. The molecule has 0 atom stereocenters. The molecule has 1 saturated heterocycles. The second kappa shape index (κ2) is 10.3. The van der Waals surface area contributed by atoms with Crippen LogP contribution in [0.25, 0.3) is 0 Å². The van der Waals surface area contributed by atoms with Gasteiger partial charge in [-0.2, -0.15) is 5.26 Å². The Hall–Kier alpha value is -2.33. The van der Waals surface area contributed by atoms with E-state index in [2.05, 4.69) is 16.3 Å². The predicted octanol–water partition coefficient (Wildman–Crippen LogP) is 4.47. The van der Waals surface area contributed by atoms with Crippen LogP contribution in [0.5, 0.6) is 0 Å². The van der Waals surface area contributed by atoms with Crippen LogP contribution in [-0.4, -0.2) is 49.2 Å². The predicted molar refractivity (Wildman–Crippen MR) is 122 cm³/mol. The molecule has 1 aliphatic carbocycles. The molecule has 0 spiro atoms. The molecule has 5 nitrogen and oxygen atoms in total. The number of nitrogens with zero attached hydrogens (tertiary/aromatic N) is 2. The third-order valence-electron chi connectivity index (χ3n) is 6.40. The number of morpholine rings is 1. The molecule has 1 aliphatic heterocycles. The number of carbonyl (C=O) groups is 1. The molecule has 2 fully saturated rings. The Morgan fingerprint density at radius 1 is 1.03 bits per heavy atom. The standard InChI is InChI=1S/C25H29N3O2S/c26-18-20-8-2-4-10-22(20)31-23-11-5-3-9-21(23)24(29)27-19-25(12-6-1-7-13-25)28-14-16-30-17-15-28/h2-5,8-11H,1,6-7,12-17,19H2,(H,27,29). The van der Waals surface area contributed by atoms with Crippen molar-refractivity contribution in [3.05, 3.63) is 59.7 Å². The van der Waals surface area contributed by atoms with Gasteiger partial charge in [0.05, 0.1) is 24.3 Å². The van der Waals surface area contributed by atoms with Crippen molar-refractivity contribution in [2.75, 3.05) is 32.8 Å². The summed E-state index contributed by atoms with van der Waals surface area (Å²) in [5, 5.41) is 12.7. The maximum Gasteiger partial charge on any atom is 0.252 e. The van der Waals surface area contributed by atoms with Crippen molar-refractivity contribution in [3.63, 3.8) is 0 Å². The molecule has 4 rings (SSSR count). The average molecular weight is 436 g/mol. The first-order valence-electron chi connectivity index (χ1n) is 11.1. The van der Waals surface area contributed by atoms with Gasteiger partial charge in [-0.3, -0.25) is 9.69 Å². The van der Waals surface area contributed by atoms with Gasteiger partial charge < -0.3 is 10.1 Å². The van der Waals surface area contributed by atoms with Crippen LogP contribution in [-0.2, 0) is 4.74 Å². The van der Waals surface area contributed by atoms with E-state index < -0.39 is 0 Å². The number of ether oxygens (including phenoxy) is 1. The van der Waals surface area contributed by atoms with Crippen LogP contribution in [0.2, 0.25) is 0 Å². The highest BCUT2D eigenvalue weighted by Crippen LogP contribution is 2.35. The molecule has 162 valence electrons. The Morgan fingerprint density at radius 2 is 1.71 bits per heavy atom. The van der Waals surface area contributed by atoms with Crippen LogP contribution in [0.4, 0.5) is 0 Å². The van der Waals surface area contributed by atoms with Crippen LogP contribution in [0, 0.1) is 11.3 Å². The van der Waals surface area contributed by atoms with Gasteiger partial charge in [-0.05, 0) is 37.1 Å². The molecule has 1 N–H and O–H groups in total. The van der Waals surface area contributed by atoms with Gasteiger partial charge in [0.15, 0.2) is 0 Å². The van der Waals surface area contributed by atoms with E-state index in [9.17, 15) is 10.1 Å². The number of nitriles is 1. The molecule has 0 aromatic heterocycles. The first-order chi connectivity index (χ1) is 15.2. The van der Waals surface area contributed by atoms with Gasteiger partial charge >= 0.3 is 0 Å². The molecular weight excluding hydrogens is 406 g/mol. The smallest absolute Gasteiger partial charge is 0.252 e. The van der Waals surface area contributed by atoms with Crippen LogP contribution in [0.3, 0.4) is 0 Å². The average Bonchev–Trinajstić information content (AvgIpc) is 2.84. The summed E-state index contributed by atoms with van der Waals surface area (Å²) in [6.07, 6.45) is 5.95. The van der Waals surface area contributed by atoms with Gasteiger partial charge in [-0.25, -0.2) is 0 Å². The fourth-order valence-electron chi connectivity index (χ4n) is 4.70. The normalized spacial score (nSPS) is 18.8. The highest BCUT2D eigenvalue weighted by Gasteiger charge is 2.39. The van der Waals surface area contributed by atoms with Crippen LogP contribution >= 0.6 is 11.8 Å². The van der Waals surface area contributed by atoms with E-state index in [0.29, 0.717) is 17.7 Å². The Morgan fingerprint density at radius 3 is 2.45 bits per heavy atom. The first kappa shape index (κ1) is 21.9. The third kappa shape index (κ3) is 5.12. The van der Waals surface area contributed by atoms with Gasteiger partial charge in [-0.1, -0.05) is 55.3 Å². The molecule has 1 amide bonds. The molecule has 0 bridgehead atoms. The largest absolute Gasteiger partial charge is 0.379 e. The van der Waals surface area contributed by atoms with E-state index >= 15 is 0 Å². The zero-order chi connectivity index (χ0) is 21.5. The number of hydrogen-bond donors (Lipinski definition) is 1. The summed E-state index contributed by atoms with van der Waals surface area (Å²) in [7, 11) is 0. The lowest BCUT2D eigenvalue weighted by Crippen LogP contribution is -2.59. The van der Waals surface area contributed by atoms with Crippen LogP contribution < -0.4 is 5.32 Å². The van der Waals surface area contributed by atoms with Gasteiger partial charge in [-0.15, -0.1) is 0 Å². The van der Waals surface area contributed by atoms with Crippen molar-refractivity contribution < 1.29 is 9.53 Å². The van der Waals surface area contributed by atoms with E-state index in [0.717, 1.165) is 48.9 Å². The van der Waals surface area contributed by atoms with Crippen molar-refractivity contribution in [2.45, 2.75) is 47.4 Å². The molecule has 1 heterocycles. The topological polar surface area (TPSA) is 65.4 Å². The van der Waals surface area contributed by atoms with E-state index in [1.165, 1.54) is 31.0 Å². The maximum atomic E-state index is 13.2. The number of benzene rings is 2. The van der Waals surface area contributed by atoms with Gasteiger partial charge in [0.25, 0.3) is 5.91 Å². The molecule has 31 heavy (non-hydrogen) atoms. The highest BCUT2D eigenvalue weighted by molar-refractivity contribution is 7.99. The highest BCUT2D eigenvalue weighted by atomic mass is 32.2. The number of amides is 1. The number of carbonyl (C=O) groups excluding carboxylic acids is 1. The van der Waals surface area contributed by atoms with Crippen molar-refractivity contribution >= 4 is 17.7 Å². The van der Waals surface area contributed by atoms with Crippen molar-refractivity contribution in [3.8, 4) is 6.07 Å². The van der Waals surface area contributed by atoms with Gasteiger partial charge in [0, 0.05) is 35.0 Å². The zero-order valence-corrected chi connectivity index (χ0v) is 18.6. The van der Waals surface area contributed by atoms with Crippen LogP contribution in [0.15, 0.2) is 58.3 Å². The number of hydrogen-bond acceptors (Lipinski definition) is 5. The molecular formula is C25H29N3O2S. The Kier molecular flexibility index (Phi) is 7.29. The maximum absolute atomic E-state index is 13.2. The summed E-state index contributed by atoms with van der Waals surface area (Å²) in [5.74, 6) is -0.0456. The monoisotopic (exact) mass is 435 g/mol. The second-order valence-electron chi connectivity index (χ2n) is 8.27. The van der Waals surface area contributed by atoms with Crippen molar-refractivity contribution in [1.82, 2.24) is 10.2 Å². The van der Waals surface area contributed by atoms with E-state index in [-0.39, 0.29) is 11.4 Å². The van der Waals surface area contributed by atoms with Crippen molar-refractivity contribution in [2.24, 2.45) is 0 Å². The Bertz CT molecular complexity index is 944. The minimum absolute atomic E-state index is 0.0349. The molecule has 0 radical (unpaired) electrons. The quantitative estimate of drug-likeness (QED) is 0.725. The summed E-state index contributed by atoms with van der Waals surface area (Å²) in [6.45, 7) is 4.08. The van der Waals surface area contributed by atoms with E-state index in [1.807, 2.05) is 42.5 Å². The second-order valence-corrected chi connectivity index (χ2v) is 9.36. The minimum atomic E-state index is -0.0456. The van der Waals surface area contributed by atoms with E-state index in [4.69, 9.17) is 4.74 Å². The molecule has 2 aromatic carbocycles. The summed E-state index contributed by atoms with van der Waals surface area (Å²) >= 11 is 1.47. The Balaban J connectivity index is 1.50. The van der Waals surface area contributed by atoms with Gasteiger partial charge in [0.1, 0.15) is 6.07 Å². The summed E-state index contributed by atoms with van der Waals surface area (Å²) in [5.41, 5.74) is 1.32. The molecule has 2 aliphatic rings. The minimum Gasteiger partial charge on any atom is -0.379 e. The summed E-state index contributed by atoms with van der Waals surface area (Å²) in [4.78, 5) is 17.5. The number of rotatable bonds is 6. The fourth-order valence-corrected chi connectivity index (χ4v) is 5.73. The lowest BCUT2D eigenvalue weighted by atomic mass is 9.79. The van der Waals surface area contributed by atoms with Gasteiger partial charge in [0.2, 0.25) is 0 Å². The van der Waals surface area contributed by atoms with Crippen LogP contribution in [0.1, 0.15) is 48.0 Å².